The Bertz CT molecular complexity index is 1420. The van der Waals surface area contributed by atoms with Gasteiger partial charge in [0.25, 0.3) is 5.56 Å². The van der Waals surface area contributed by atoms with Gasteiger partial charge in [0.05, 0.1) is 25.9 Å². The van der Waals surface area contributed by atoms with Gasteiger partial charge in [-0.15, -0.1) is 23.1 Å². The average molecular weight is 525 g/mol. The van der Waals surface area contributed by atoms with Gasteiger partial charge in [0.15, 0.2) is 11.0 Å². The van der Waals surface area contributed by atoms with E-state index in [4.69, 9.17) is 23.2 Å². The molecule has 0 radical (unpaired) electrons. The minimum atomic E-state index is -1.74. The van der Waals surface area contributed by atoms with Crippen LogP contribution in [0.15, 0.2) is 68.8 Å². The lowest BCUT2D eigenvalue weighted by Gasteiger charge is -2.11. The van der Waals surface area contributed by atoms with E-state index in [-0.39, 0.29) is 10.6 Å². The van der Waals surface area contributed by atoms with Crippen molar-refractivity contribution in [3.63, 3.8) is 0 Å². The fourth-order valence-electron chi connectivity index (χ4n) is 2.87. The number of hydrogen-bond acceptors (Lipinski definition) is 6. The van der Waals surface area contributed by atoms with E-state index < -0.39 is 17.0 Å². The molecular weight excluding hydrogens is 511 g/mol. The molecular formula is C20H14Cl2N4O3S3. The smallest absolute Gasteiger partial charge is 0.307 e. The van der Waals surface area contributed by atoms with Crippen molar-refractivity contribution in [3.8, 4) is 5.69 Å². The number of fused-ring (bicyclic) bond motifs is 1. The third-order valence-electron chi connectivity index (χ3n) is 4.35. The zero-order valence-corrected chi connectivity index (χ0v) is 20.3. The molecule has 0 aliphatic rings. The van der Waals surface area contributed by atoms with Crippen LogP contribution in [0.3, 0.4) is 0 Å². The first-order valence-corrected chi connectivity index (χ1v) is 12.9. The fraction of sp³-hybridized carbons (Fsp3) is 0.0500. The third kappa shape index (κ3) is 4.84. The molecule has 7 nitrogen and oxygen atoms in total. The number of rotatable bonds is 5. The van der Waals surface area contributed by atoms with Gasteiger partial charge in [0.2, 0.25) is 0 Å². The number of carbonyl (C=O) groups excluding carboxylic acids is 1. The van der Waals surface area contributed by atoms with Gasteiger partial charge in [-0.1, -0.05) is 23.2 Å². The maximum atomic E-state index is 13.0. The summed E-state index contributed by atoms with van der Waals surface area (Å²) in [4.78, 5) is 30.5. The lowest BCUT2D eigenvalue weighted by molar-refractivity contribution is 0.257. The number of amides is 2. The Kier molecular flexibility index (Phi) is 6.87. The second-order valence-corrected chi connectivity index (χ2v) is 10.8. The zero-order chi connectivity index (χ0) is 22.8. The molecule has 2 heterocycles. The molecule has 0 fully saturated rings. The van der Waals surface area contributed by atoms with E-state index >= 15 is 0 Å². The molecule has 2 aromatic carbocycles. The Morgan fingerprint density at radius 1 is 1.16 bits per heavy atom. The summed E-state index contributed by atoms with van der Waals surface area (Å²) in [5.41, 5.74) is 1.12. The van der Waals surface area contributed by atoms with E-state index in [1.807, 2.05) is 12.3 Å². The summed E-state index contributed by atoms with van der Waals surface area (Å²) in [5, 5.41) is 3.28. The van der Waals surface area contributed by atoms with Gasteiger partial charge >= 0.3 is 6.03 Å². The maximum Gasteiger partial charge on any atom is 0.331 e. The van der Waals surface area contributed by atoms with Crippen molar-refractivity contribution in [2.45, 2.75) is 9.10 Å². The summed E-state index contributed by atoms with van der Waals surface area (Å²) < 4.78 is 16.8. The molecule has 1 atom stereocenters. The number of hydrogen-bond donors (Lipinski definition) is 2. The Morgan fingerprint density at radius 3 is 2.66 bits per heavy atom. The molecule has 1 unspecified atom stereocenters. The summed E-state index contributed by atoms with van der Waals surface area (Å²) in [6.45, 7) is 0. The molecule has 0 bridgehead atoms. The Labute approximate surface area is 203 Å². The van der Waals surface area contributed by atoms with Crippen LogP contribution in [0.5, 0.6) is 0 Å². The SMILES string of the molecule is CSc1ccc2ncn(-c3ccc(NC(=O)NS(=O)c4ccc(Cl)s4)cc3Cl)c(=O)c2c1. The molecule has 2 aromatic heterocycles. The number of benzene rings is 2. The minimum absolute atomic E-state index is 0.234. The van der Waals surface area contributed by atoms with Crippen molar-refractivity contribution < 1.29 is 9.00 Å². The van der Waals surface area contributed by atoms with Crippen LogP contribution in [0.2, 0.25) is 9.36 Å². The number of halogens is 2. The van der Waals surface area contributed by atoms with Gasteiger partial charge in [-0.25, -0.2) is 14.0 Å². The summed E-state index contributed by atoms with van der Waals surface area (Å²) in [6, 6.07) is 12.7. The Hall–Kier alpha value is -2.37. The highest BCUT2D eigenvalue weighted by Crippen LogP contribution is 2.26. The van der Waals surface area contributed by atoms with E-state index in [1.165, 1.54) is 28.7 Å². The van der Waals surface area contributed by atoms with E-state index in [0.29, 0.717) is 30.8 Å². The molecule has 0 spiro atoms. The lowest BCUT2D eigenvalue weighted by atomic mass is 10.2. The first-order chi connectivity index (χ1) is 15.4. The minimum Gasteiger partial charge on any atom is -0.307 e. The summed E-state index contributed by atoms with van der Waals surface area (Å²) in [7, 11) is -1.74. The van der Waals surface area contributed by atoms with Gasteiger partial charge in [-0.3, -0.25) is 14.1 Å². The standard InChI is InChI=1S/C20H14Cl2N4O3S3/c1-30-12-3-4-15-13(9-12)19(27)26(10-23-15)16-5-2-11(8-14(16)21)24-20(28)25-32(29)18-7-6-17(22)31-18/h2-10H,1H3,(H2,24,25,28). The number of thioether (sulfide) groups is 1. The maximum absolute atomic E-state index is 13.0. The quantitative estimate of drug-likeness (QED) is 0.344. The summed E-state index contributed by atoms with van der Waals surface area (Å²) in [6.07, 6.45) is 3.35. The Morgan fingerprint density at radius 2 is 1.97 bits per heavy atom. The van der Waals surface area contributed by atoms with Crippen molar-refractivity contribution in [2.75, 3.05) is 11.6 Å². The molecule has 0 aliphatic heterocycles. The van der Waals surface area contributed by atoms with Crippen LogP contribution < -0.4 is 15.6 Å². The molecule has 4 rings (SSSR count). The molecule has 2 amide bonds. The first-order valence-electron chi connectivity index (χ1n) is 8.96. The second kappa shape index (κ2) is 9.63. The van der Waals surface area contributed by atoms with Crippen molar-refractivity contribution >= 4 is 79.9 Å². The monoisotopic (exact) mass is 524 g/mol. The van der Waals surface area contributed by atoms with E-state index in [9.17, 15) is 13.8 Å². The number of urea groups is 1. The van der Waals surface area contributed by atoms with Crippen molar-refractivity contribution in [1.82, 2.24) is 14.3 Å². The zero-order valence-electron chi connectivity index (χ0n) is 16.3. The van der Waals surface area contributed by atoms with Crippen molar-refractivity contribution in [3.05, 3.63) is 74.6 Å². The molecule has 32 heavy (non-hydrogen) atoms. The summed E-state index contributed by atoms with van der Waals surface area (Å²) in [5.74, 6) is 0. The molecule has 0 saturated heterocycles. The first kappa shape index (κ1) is 22.8. The van der Waals surface area contributed by atoms with Crippen LogP contribution >= 0.6 is 46.3 Å². The largest absolute Gasteiger partial charge is 0.331 e. The van der Waals surface area contributed by atoms with E-state index in [2.05, 4.69) is 15.0 Å². The molecule has 0 saturated carbocycles. The predicted octanol–water partition coefficient (Wildman–Crippen LogP) is 5.32. The van der Waals surface area contributed by atoms with Crippen molar-refractivity contribution in [2.24, 2.45) is 0 Å². The van der Waals surface area contributed by atoms with Crippen LogP contribution in [0.25, 0.3) is 16.6 Å². The number of anilines is 1. The fourth-order valence-corrected chi connectivity index (χ4v) is 5.70. The van der Waals surface area contributed by atoms with Crippen LogP contribution in [0.1, 0.15) is 0 Å². The van der Waals surface area contributed by atoms with Gasteiger partial charge < -0.3 is 5.32 Å². The average Bonchev–Trinajstić information content (AvgIpc) is 3.21. The molecule has 4 aromatic rings. The number of nitrogens with one attached hydrogen (secondary N) is 2. The van der Waals surface area contributed by atoms with Gasteiger partial charge in [0.1, 0.15) is 10.5 Å². The number of nitrogens with zero attached hydrogens (tertiary/aromatic N) is 2. The lowest BCUT2D eigenvalue weighted by Crippen LogP contribution is -2.30. The van der Waals surface area contributed by atoms with Gasteiger partial charge in [-0.2, -0.15) is 0 Å². The molecule has 12 heteroatoms. The van der Waals surface area contributed by atoms with Crippen LogP contribution in [-0.2, 0) is 11.0 Å². The van der Waals surface area contributed by atoms with Gasteiger partial charge in [-0.05, 0) is 54.8 Å². The van der Waals surface area contributed by atoms with Crippen LogP contribution in [-0.4, -0.2) is 26.0 Å². The number of aromatic nitrogens is 2. The second-order valence-electron chi connectivity index (χ2n) is 6.35. The number of thiophene rings is 1. The number of carbonyl (C=O) groups is 1. The van der Waals surface area contributed by atoms with Crippen LogP contribution in [0, 0.1) is 0 Å². The third-order valence-corrected chi connectivity index (χ3v) is 7.98. The van der Waals surface area contributed by atoms with Crippen molar-refractivity contribution in [1.29, 1.82) is 0 Å². The molecule has 2 N–H and O–H groups in total. The predicted molar refractivity (Wildman–Crippen MR) is 132 cm³/mol. The van der Waals surface area contributed by atoms with Crippen LogP contribution in [0.4, 0.5) is 10.5 Å². The summed E-state index contributed by atoms with van der Waals surface area (Å²) >= 11 is 14.9. The highest BCUT2D eigenvalue weighted by molar-refractivity contribution is 7.98. The van der Waals surface area contributed by atoms with Gasteiger partial charge in [0, 0.05) is 10.6 Å². The van der Waals surface area contributed by atoms with E-state index in [0.717, 1.165) is 16.2 Å². The Balaban J connectivity index is 1.56. The topological polar surface area (TPSA) is 93.1 Å². The van der Waals surface area contributed by atoms with E-state index in [1.54, 1.807) is 36.4 Å². The highest BCUT2D eigenvalue weighted by Gasteiger charge is 2.14. The molecule has 164 valence electrons. The normalized spacial score (nSPS) is 12.0. The molecule has 0 aliphatic carbocycles. The highest BCUT2D eigenvalue weighted by atomic mass is 35.5.